The van der Waals surface area contributed by atoms with Crippen LogP contribution in [-0.2, 0) is 0 Å². The highest BCUT2D eigenvalue weighted by Crippen LogP contribution is 2.17. The summed E-state index contributed by atoms with van der Waals surface area (Å²) in [5.41, 5.74) is 2.16. The lowest BCUT2D eigenvalue weighted by Crippen LogP contribution is -1.82. The van der Waals surface area contributed by atoms with E-state index in [1.807, 2.05) is 39.0 Å². The van der Waals surface area contributed by atoms with E-state index in [1.54, 1.807) is 13.0 Å². The van der Waals surface area contributed by atoms with Gasteiger partial charge in [-0.3, -0.25) is 0 Å². The second-order valence-corrected chi connectivity index (χ2v) is 3.83. The lowest BCUT2D eigenvalue weighted by Gasteiger charge is -2.02. The molecule has 0 bridgehead atoms. The molecule has 1 nitrogen and oxygen atoms in total. The Kier molecular flexibility index (Phi) is 11.8. The molecule has 0 aromatic carbocycles. The molecule has 0 radical (unpaired) electrons. The molecule has 0 fully saturated rings. The van der Waals surface area contributed by atoms with Gasteiger partial charge in [-0.2, -0.15) is 0 Å². The fourth-order valence-corrected chi connectivity index (χ4v) is 1.16. The van der Waals surface area contributed by atoms with Crippen molar-refractivity contribution in [2.24, 2.45) is 0 Å². The molecule has 0 unspecified atom stereocenters. The Morgan fingerprint density at radius 3 is 2.12 bits per heavy atom. The minimum absolute atomic E-state index is 0.301. The fraction of sp³-hybridized carbons (Fsp3) is 0.333. The summed E-state index contributed by atoms with van der Waals surface area (Å²) in [5.74, 6) is 0.301. The Hall–Kier alpha value is -1.39. The maximum absolute atomic E-state index is 9.04. The third kappa shape index (κ3) is 9.53. The molecule has 0 saturated carbocycles. The first-order valence-corrected chi connectivity index (χ1v) is 5.79. The molecule has 0 amide bonds. The van der Waals surface area contributed by atoms with Crippen molar-refractivity contribution in [3.05, 3.63) is 46.2 Å². The van der Waals surface area contributed by atoms with Crippen molar-refractivity contribution in [2.75, 3.05) is 0 Å². The van der Waals surface area contributed by atoms with E-state index in [4.69, 9.17) is 16.7 Å². The van der Waals surface area contributed by atoms with Crippen LogP contribution >= 0.6 is 11.6 Å². The van der Waals surface area contributed by atoms with Gasteiger partial charge in [0.15, 0.2) is 0 Å². The Balaban J connectivity index is 0. The van der Waals surface area contributed by atoms with E-state index in [9.17, 15) is 0 Å². The molecule has 0 rings (SSSR count). The second kappa shape index (κ2) is 11.1. The smallest absolute Gasteiger partial charge is 0.0891 e. The van der Waals surface area contributed by atoms with Crippen LogP contribution in [0.2, 0.25) is 0 Å². The predicted molar refractivity (Wildman–Crippen MR) is 78.0 cm³/mol. The number of hydrogen-bond acceptors (Lipinski definition) is 1. The van der Waals surface area contributed by atoms with E-state index in [2.05, 4.69) is 12.8 Å². The summed E-state index contributed by atoms with van der Waals surface area (Å²) >= 11 is 5.97. The van der Waals surface area contributed by atoms with E-state index in [0.29, 0.717) is 5.76 Å². The fourth-order valence-electron chi connectivity index (χ4n) is 1.04. The maximum Gasteiger partial charge on any atom is 0.0891 e. The quantitative estimate of drug-likeness (QED) is 0.418. The van der Waals surface area contributed by atoms with Crippen molar-refractivity contribution in [2.45, 2.75) is 34.1 Å². The Labute approximate surface area is 110 Å². The van der Waals surface area contributed by atoms with Crippen LogP contribution in [0.1, 0.15) is 34.1 Å². The van der Waals surface area contributed by atoms with E-state index in [0.717, 1.165) is 22.6 Å². The summed E-state index contributed by atoms with van der Waals surface area (Å²) in [6.07, 6.45) is 16.3. The molecule has 0 aromatic heterocycles. The normalized spacial score (nSPS) is 14.1. The van der Waals surface area contributed by atoms with Crippen molar-refractivity contribution in [1.82, 2.24) is 0 Å². The number of allylic oxidation sites excluding steroid dienone is 8. The topological polar surface area (TPSA) is 20.2 Å². The molecule has 0 spiro atoms. The van der Waals surface area contributed by atoms with Gasteiger partial charge in [0.25, 0.3) is 0 Å². The average Bonchev–Trinajstić information content (AvgIpc) is 2.34. The monoisotopic (exact) mass is 252 g/mol. The van der Waals surface area contributed by atoms with Crippen LogP contribution < -0.4 is 0 Å². The van der Waals surface area contributed by atoms with Crippen LogP contribution in [0.4, 0.5) is 0 Å². The molecular weight excluding hydrogens is 232 g/mol. The van der Waals surface area contributed by atoms with Crippen molar-refractivity contribution in [1.29, 1.82) is 0 Å². The molecule has 94 valence electrons. The third-order valence-electron chi connectivity index (χ3n) is 1.99. The Bertz CT molecular complexity index is 350. The minimum Gasteiger partial charge on any atom is -0.513 e. The largest absolute Gasteiger partial charge is 0.513 e. The molecule has 0 aliphatic heterocycles. The van der Waals surface area contributed by atoms with E-state index in [1.165, 1.54) is 0 Å². The Morgan fingerprint density at radius 2 is 1.76 bits per heavy atom. The molecule has 2 heteroatoms. The highest BCUT2D eigenvalue weighted by Gasteiger charge is 1.96. The number of hydrogen-bond donors (Lipinski definition) is 1. The van der Waals surface area contributed by atoms with E-state index < -0.39 is 0 Å². The molecule has 0 aliphatic carbocycles. The molecule has 0 atom stereocenters. The number of aliphatic hydroxyl groups is 1. The van der Waals surface area contributed by atoms with E-state index >= 15 is 0 Å². The lowest BCUT2D eigenvalue weighted by molar-refractivity contribution is 0.414. The third-order valence-corrected chi connectivity index (χ3v) is 2.37. The van der Waals surface area contributed by atoms with Crippen LogP contribution in [0, 0.1) is 12.8 Å². The van der Waals surface area contributed by atoms with Crippen LogP contribution in [-0.4, -0.2) is 5.11 Å². The average molecular weight is 253 g/mol. The maximum atomic E-state index is 9.04. The van der Waals surface area contributed by atoms with Crippen LogP contribution in [0.5, 0.6) is 0 Å². The van der Waals surface area contributed by atoms with Crippen molar-refractivity contribution in [3.63, 3.8) is 0 Å². The number of halogens is 1. The van der Waals surface area contributed by atoms with Crippen LogP contribution in [0.3, 0.4) is 0 Å². The number of aliphatic hydroxyl groups excluding tert-OH is 1. The molecule has 1 N–H and O–H groups in total. The van der Waals surface area contributed by atoms with Gasteiger partial charge in [0.1, 0.15) is 0 Å². The first-order valence-electron chi connectivity index (χ1n) is 5.41. The van der Waals surface area contributed by atoms with Crippen molar-refractivity contribution in [3.8, 4) is 12.8 Å². The van der Waals surface area contributed by atoms with Gasteiger partial charge >= 0.3 is 0 Å². The molecule has 0 aliphatic rings. The summed E-state index contributed by atoms with van der Waals surface area (Å²) in [4.78, 5) is 0. The van der Waals surface area contributed by atoms with Crippen molar-refractivity contribution < 1.29 is 5.11 Å². The van der Waals surface area contributed by atoms with Gasteiger partial charge in [0.05, 0.1) is 5.76 Å². The first kappa shape index (κ1) is 18.0. The predicted octanol–water partition coefficient (Wildman–Crippen LogP) is 5.12. The second-order valence-electron chi connectivity index (χ2n) is 3.35. The standard InChI is InChI=1S/C13H19ClO.C2H2/c1-5-12(9-13(14)6-2)10(3)7-8-11(4)15;1-2/h5,7-9,15H,6H2,1-4H3;1-2H/b10-7+,11-8-,12-5+,13-9+;. The highest BCUT2D eigenvalue weighted by molar-refractivity contribution is 6.29. The van der Waals surface area contributed by atoms with Gasteiger partial charge in [-0.25, -0.2) is 0 Å². The van der Waals surface area contributed by atoms with Crippen LogP contribution in [0.25, 0.3) is 0 Å². The summed E-state index contributed by atoms with van der Waals surface area (Å²) < 4.78 is 0. The summed E-state index contributed by atoms with van der Waals surface area (Å²) in [6.45, 7) is 7.63. The van der Waals surface area contributed by atoms with Gasteiger partial charge in [-0.05, 0) is 50.5 Å². The number of terminal acetylenes is 1. The zero-order valence-electron chi connectivity index (χ0n) is 11.0. The minimum atomic E-state index is 0.301. The molecule has 0 saturated heterocycles. The van der Waals surface area contributed by atoms with Crippen molar-refractivity contribution >= 4 is 11.6 Å². The Morgan fingerprint density at radius 1 is 1.24 bits per heavy atom. The lowest BCUT2D eigenvalue weighted by atomic mass is 10.1. The molecule has 0 aromatic rings. The SMILES string of the molecule is C#C.C/C=C(\C=C(\Cl)CC)C(/C)=C/C=C(/C)O. The highest BCUT2D eigenvalue weighted by atomic mass is 35.5. The van der Waals surface area contributed by atoms with Gasteiger partial charge < -0.3 is 5.11 Å². The molecular formula is C15H21ClO. The molecule has 17 heavy (non-hydrogen) atoms. The summed E-state index contributed by atoms with van der Waals surface area (Å²) in [5, 5.41) is 9.87. The van der Waals surface area contributed by atoms with Gasteiger partial charge in [-0.15, -0.1) is 12.8 Å². The summed E-state index contributed by atoms with van der Waals surface area (Å²) in [6, 6.07) is 0. The zero-order chi connectivity index (χ0) is 13.8. The van der Waals surface area contributed by atoms with Gasteiger partial charge in [0, 0.05) is 5.03 Å². The number of rotatable bonds is 4. The first-order chi connectivity index (χ1) is 8.01. The summed E-state index contributed by atoms with van der Waals surface area (Å²) in [7, 11) is 0. The zero-order valence-corrected chi connectivity index (χ0v) is 11.8. The van der Waals surface area contributed by atoms with Gasteiger partial charge in [0.2, 0.25) is 0 Å². The van der Waals surface area contributed by atoms with Crippen LogP contribution in [0.15, 0.2) is 46.2 Å². The molecule has 0 heterocycles. The van der Waals surface area contributed by atoms with E-state index in [-0.39, 0.29) is 0 Å². The van der Waals surface area contributed by atoms with Gasteiger partial charge in [-0.1, -0.05) is 30.7 Å².